The molecule has 108 valence electrons. The molecule has 1 N–H and O–H groups in total. The molecule has 3 aliphatic rings. The minimum Gasteiger partial charge on any atom is -0.333 e. The van der Waals surface area contributed by atoms with Crippen molar-refractivity contribution >= 4 is 17.2 Å². The molecular weight excluding hydrogens is 268 g/mol. The van der Waals surface area contributed by atoms with Crippen molar-refractivity contribution in [2.24, 2.45) is 0 Å². The molecule has 2 atom stereocenters. The van der Waals surface area contributed by atoms with Gasteiger partial charge in [0.2, 0.25) is 0 Å². The molecule has 3 heterocycles. The molecule has 20 heavy (non-hydrogen) atoms. The number of nitrogens with one attached hydrogen (secondary N) is 1. The van der Waals surface area contributed by atoms with E-state index in [-0.39, 0.29) is 0 Å². The molecule has 1 aromatic heterocycles. The van der Waals surface area contributed by atoms with Crippen LogP contribution in [0.25, 0.3) is 0 Å². The van der Waals surface area contributed by atoms with E-state index in [1.165, 1.54) is 55.4 Å². The summed E-state index contributed by atoms with van der Waals surface area (Å²) in [5, 5.41) is 3.58. The first-order valence-electron chi connectivity index (χ1n) is 7.99. The van der Waals surface area contributed by atoms with Crippen LogP contribution in [-0.2, 0) is 12.8 Å². The van der Waals surface area contributed by atoms with Crippen LogP contribution in [0, 0.1) is 0 Å². The average molecular weight is 290 g/mol. The quantitative estimate of drug-likeness (QED) is 0.908. The van der Waals surface area contributed by atoms with Crippen molar-refractivity contribution in [3.8, 4) is 0 Å². The zero-order valence-electron chi connectivity index (χ0n) is 11.9. The molecule has 0 bridgehead atoms. The Kier molecular flexibility index (Phi) is 3.31. The number of fused-ring (bicyclic) bond motifs is 1. The van der Waals surface area contributed by atoms with Crippen molar-refractivity contribution < 1.29 is 4.79 Å². The van der Waals surface area contributed by atoms with E-state index in [1.54, 1.807) is 11.3 Å². The Hall–Kier alpha value is -0.870. The monoisotopic (exact) mass is 290 g/mol. The minimum atomic E-state index is 0.292. The summed E-state index contributed by atoms with van der Waals surface area (Å²) in [6, 6.07) is 3.14. The molecule has 2 aliphatic heterocycles. The Morgan fingerprint density at radius 3 is 3.00 bits per heavy atom. The summed E-state index contributed by atoms with van der Waals surface area (Å²) in [7, 11) is 0. The Morgan fingerprint density at radius 1 is 1.25 bits per heavy atom. The van der Waals surface area contributed by atoms with Crippen LogP contribution in [0.1, 0.15) is 52.2 Å². The second-order valence-corrected chi connectivity index (χ2v) is 7.46. The van der Waals surface area contributed by atoms with Gasteiger partial charge >= 0.3 is 0 Å². The fourth-order valence-corrected chi connectivity index (χ4v) is 5.29. The van der Waals surface area contributed by atoms with Gasteiger partial charge in [0.05, 0.1) is 4.88 Å². The van der Waals surface area contributed by atoms with Crippen molar-refractivity contribution in [1.29, 1.82) is 0 Å². The number of aryl methyl sites for hydroxylation is 2. The topological polar surface area (TPSA) is 32.3 Å². The van der Waals surface area contributed by atoms with Gasteiger partial charge in [-0.15, -0.1) is 11.3 Å². The van der Waals surface area contributed by atoms with Crippen LogP contribution in [-0.4, -0.2) is 36.0 Å². The van der Waals surface area contributed by atoms with Gasteiger partial charge in [0.15, 0.2) is 0 Å². The predicted molar refractivity (Wildman–Crippen MR) is 81.4 cm³/mol. The molecule has 4 rings (SSSR count). The van der Waals surface area contributed by atoms with Gasteiger partial charge in [-0.2, -0.15) is 0 Å². The highest BCUT2D eigenvalue weighted by Crippen LogP contribution is 2.33. The van der Waals surface area contributed by atoms with Gasteiger partial charge in [-0.1, -0.05) is 0 Å². The van der Waals surface area contributed by atoms with E-state index in [2.05, 4.69) is 16.3 Å². The molecule has 0 aromatic carbocycles. The highest BCUT2D eigenvalue weighted by molar-refractivity contribution is 7.14. The lowest BCUT2D eigenvalue weighted by Crippen LogP contribution is -2.46. The molecule has 0 spiro atoms. The van der Waals surface area contributed by atoms with Crippen molar-refractivity contribution in [2.45, 2.75) is 57.0 Å². The van der Waals surface area contributed by atoms with E-state index in [1.807, 2.05) is 0 Å². The van der Waals surface area contributed by atoms with Gasteiger partial charge in [0.1, 0.15) is 0 Å². The average Bonchev–Trinajstić information content (AvgIpc) is 3.19. The van der Waals surface area contributed by atoms with Crippen LogP contribution in [0.2, 0.25) is 0 Å². The molecule has 0 saturated carbocycles. The highest BCUT2D eigenvalue weighted by atomic mass is 32.1. The second kappa shape index (κ2) is 5.15. The molecule has 2 fully saturated rings. The summed E-state index contributed by atoms with van der Waals surface area (Å²) < 4.78 is 0. The van der Waals surface area contributed by atoms with Crippen molar-refractivity contribution in [3.05, 3.63) is 21.4 Å². The van der Waals surface area contributed by atoms with Crippen molar-refractivity contribution in [1.82, 2.24) is 10.2 Å². The molecular formula is C16H22N2OS. The fourth-order valence-electron chi connectivity index (χ4n) is 4.08. The van der Waals surface area contributed by atoms with E-state index < -0.39 is 0 Å². The third kappa shape index (κ3) is 2.09. The summed E-state index contributed by atoms with van der Waals surface area (Å²) in [6.07, 6.45) is 8.46. The van der Waals surface area contributed by atoms with Gasteiger partial charge < -0.3 is 10.2 Å². The Morgan fingerprint density at radius 2 is 2.20 bits per heavy atom. The van der Waals surface area contributed by atoms with E-state index in [0.717, 1.165) is 18.0 Å². The predicted octanol–water partition coefficient (Wildman–Crippen LogP) is 2.59. The number of rotatable bonds is 2. The normalized spacial score (nSPS) is 29.1. The van der Waals surface area contributed by atoms with Crippen LogP contribution in [0.15, 0.2) is 6.07 Å². The van der Waals surface area contributed by atoms with Gasteiger partial charge in [0, 0.05) is 23.5 Å². The lowest BCUT2D eigenvalue weighted by molar-refractivity contribution is 0.0716. The highest BCUT2D eigenvalue weighted by Gasteiger charge is 2.36. The maximum atomic E-state index is 12.8. The third-order valence-corrected chi connectivity index (χ3v) is 6.31. The summed E-state index contributed by atoms with van der Waals surface area (Å²) in [5.74, 6) is 0.292. The number of hydrogen-bond donors (Lipinski definition) is 1. The lowest BCUT2D eigenvalue weighted by atomic mass is 10.0. The standard InChI is InChI=1S/C16H22N2OS/c19-16(15-10-11-4-1-7-14(11)20-15)18-9-3-6-13(18)12-5-2-8-17-12/h10,12-13,17H,1-9H2. The Balaban J connectivity index is 1.54. The first-order valence-corrected chi connectivity index (χ1v) is 8.80. The van der Waals surface area contributed by atoms with Crippen LogP contribution in [0.3, 0.4) is 0 Å². The van der Waals surface area contributed by atoms with Crippen LogP contribution < -0.4 is 5.32 Å². The molecule has 3 nitrogen and oxygen atoms in total. The van der Waals surface area contributed by atoms with Crippen LogP contribution in [0.5, 0.6) is 0 Å². The fraction of sp³-hybridized carbons (Fsp3) is 0.688. The number of hydrogen-bond acceptors (Lipinski definition) is 3. The Labute approximate surface area is 124 Å². The van der Waals surface area contributed by atoms with Crippen molar-refractivity contribution in [2.75, 3.05) is 13.1 Å². The molecule has 1 amide bonds. The largest absolute Gasteiger partial charge is 0.333 e. The van der Waals surface area contributed by atoms with Gasteiger partial charge in [-0.05, 0) is 63.1 Å². The third-order valence-electron chi connectivity index (χ3n) is 5.08. The minimum absolute atomic E-state index is 0.292. The van der Waals surface area contributed by atoms with Gasteiger partial charge in [-0.3, -0.25) is 4.79 Å². The summed E-state index contributed by atoms with van der Waals surface area (Å²) in [5.41, 5.74) is 1.44. The van der Waals surface area contributed by atoms with E-state index >= 15 is 0 Å². The first-order chi connectivity index (χ1) is 9.83. The second-order valence-electron chi connectivity index (χ2n) is 6.32. The van der Waals surface area contributed by atoms with E-state index in [9.17, 15) is 4.79 Å². The van der Waals surface area contributed by atoms with Gasteiger partial charge in [0.25, 0.3) is 5.91 Å². The Bertz CT molecular complexity index is 497. The zero-order chi connectivity index (χ0) is 13.5. The maximum absolute atomic E-state index is 12.8. The number of nitrogens with zero attached hydrogens (tertiary/aromatic N) is 1. The summed E-state index contributed by atoms with van der Waals surface area (Å²) >= 11 is 1.75. The van der Waals surface area contributed by atoms with E-state index in [4.69, 9.17) is 0 Å². The number of amides is 1. The molecule has 2 unspecified atom stereocenters. The van der Waals surface area contributed by atoms with Crippen LogP contribution in [0.4, 0.5) is 0 Å². The molecule has 0 radical (unpaired) electrons. The van der Waals surface area contributed by atoms with Gasteiger partial charge in [-0.25, -0.2) is 0 Å². The summed E-state index contributed by atoms with van der Waals surface area (Å²) in [4.78, 5) is 17.4. The SMILES string of the molecule is O=C(c1cc2c(s1)CCC2)N1CCCC1C1CCCN1. The lowest BCUT2D eigenvalue weighted by Gasteiger charge is -2.29. The molecule has 1 aliphatic carbocycles. The zero-order valence-corrected chi connectivity index (χ0v) is 12.7. The summed E-state index contributed by atoms with van der Waals surface area (Å²) in [6.45, 7) is 2.07. The number of carbonyl (C=O) groups excluding carboxylic acids is 1. The van der Waals surface area contributed by atoms with E-state index in [0.29, 0.717) is 18.0 Å². The number of likely N-dealkylation sites (tertiary alicyclic amines) is 1. The smallest absolute Gasteiger partial charge is 0.264 e. The molecule has 2 saturated heterocycles. The first kappa shape index (κ1) is 12.8. The number of carbonyl (C=O) groups is 1. The maximum Gasteiger partial charge on any atom is 0.264 e. The van der Waals surface area contributed by atoms with Crippen molar-refractivity contribution in [3.63, 3.8) is 0 Å². The van der Waals surface area contributed by atoms with Crippen LogP contribution >= 0.6 is 11.3 Å². The molecule has 1 aromatic rings. The number of thiophene rings is 1. The molecule has 4 heteroatoms.